The Bertz CT molecular complexity index is 984. The average molecular weight is 407 g/mol. The van der Waals surface area contributed by atoms with Crippen LogP contribution in [0.1, 0.15) is 24.4 Å². The van der Waals surface area contributed by atoms with E-state index in [0.717, 1.165) is 5.75 Å². The van der Waals surface area contributed by atoms with E-state index in [1.807, 2.05) is 24.3 Å². The third-order valence-corrected chi connectivity index (χ3v) is 4.02. The highest BCUT2D eigenvalue weighted by molar-refractivity contribution is 6.02. The van der Waals surface area contributed by atoms with E-state index in [1.165, 1.54) is 6.26 Å². The number of amides is 2. The van der Waals surface area contributed by atoms with Gasteiger partial charge in [0.05, 0.1) is 19.4 Å². The maximum absolute atomic E-state index is 12.3. The Morgan fingerprint density at radius 3 is 2.40 bits per heavy atom. The Balaban J connectivity index is 1.51. The molecule has 0 aliphatic carbocycles. The number of ether oxygens (including phenoxy) is 1. The molecule has 0 aliphatic rings. The molecule has 7 nitrogen and oxygen atoms in total. The molecule has 0 saturated carbocycles. The predicted molar refractivity (Wildman–Crippen MR) is 117 cm³/mol. The van der Waals surface area contributed by atoms with Gasteiger partial charge in [-0.15, -0.1) is 0 Å². The highest BCUT2D eigenvalue weighted by Gasteiger charge is 2.09. The van der Waals surface area contributed by atoms with Gasteiger partial charge < -0.3 is 25.1 Å². The number of carbonyl (C=O) groups excluding carboxylic acids is 2. The zero-order valence-electron chi connectivity index (χ0n) is 17.0. The van der Waals surface area contributed by atoms with Gasteiger partial charge in [-0.2, -0.15) is 0 Å². The molecular weight excluding hydrogens is 382 g/mol. The number of anilines is 3. The second-order valence-corrected chi connectivity index (χ2v) is 7.15. The van der Waals surface area contributed by atoms with Crippen molar-refractivity contribution in [2.45, 2.75) is 13.8 Å². The molecule has 1 aromatic heterocycles. The van der Waals surface area contributed by atoms with E-state index in [9.17, 15) is 9.59 Å². The predicted octanol–water partition coefficient (Wildman–Crippen LogP) is 4.62. The Labute approximate surface area is 175 Å². The SMILES string of the molecule is CC(C)COc1cccc(NC(=O)CNc2cccc(NC(=O)c3ccco3)c2)c1. The summed E-state index contributed by atoms with van der Waals surface area (Å²) < 4.78 is 10.8. The Kier molecular flexibility index (Phi) is 7.10. The molecule has 7 heteroatoms. The van der Waals surface area contributed by atoms with Crippen LogP contribution in [0.15, 0.2) is 71.3 Å². The smallest absolute Gasteiger partial charge is 0.291 e. The third kappa shape index (κ3) is 6.41. The largest absolute Gasteiger partial charge is 0.493 e. The molecule has 0 radical (unpaired) electrons. The molecule has 2 amide bonds. The molecule has 0 unspecified atom stereocenters. The summed E-state index contributed by atoms with van der Waals surface area (Å²) in [6.45, 7) is 4.85. The molecule has 3 N–H and O–H groups in total. The van der Waals surface area contributed by atoms with Crippen LogP contribution in [0.25, 0.3) is 0 Å². The fourth-order valence-electron chi connectivity index (χ4n) is 2.62. The Hall–Kier alpha value is -3.74. The molecule has 0 spiro atoms. The minimum Gasteiger partial charge on any atom is -0.493 e. The molecular formula is C23H25N3O4. The highest BCUT2D eigenvalue weighted by Crippen LogP contribution is 2.19. The number of furan rings is 1. The van der Waals surface area contributed by atoms with Crippen molar-refractivity contribution in [2.75, 3.05) is 29.1 Å². The minimum atomic E-state index is -0.338. The summed E-state index contributed by atoms with van der Waals surface area (Å²) >= 11 is 0. The van der Waals surface area contributed by atoms with E-state index >= 15 is 0 Å². The lowest BCUT2D eigenvalue weighted by atomic mass is 10.2. The number of hydrogen-bond donors (Lipinski definition) is 3. The maximum atomic E-state index is 12.3. The zero-order chi connectivity index (χ0) is 21.3. The van der Waals surface area contributed by atoms with Crippen molar-refractivity contribution in [1.29, 1.82) is 0 Å². The number of carbonyl (C=O) groups is 2. The molecule has 0 aliphatic heterocycles. The lowest BCUT2D eigenvalue weighted by molar-refractivity contribution is -0.114. The molecule has 0 saturated heterocycles. The summed E-state index contributed by atoms with van der Waals surface area (Å²) in [5.41, 5.74) is 1.97. The molecule has 0 fully saturated rings. The van der Waals surface area contributed by atoms with Gasteiger partial charge in [0.1, 0.15) is 5.75 Å². The summed E-state index contributed by atoms with van der Waals surface area (Å²) in [5, 5.41) is 8.64. The van der Waals surface area contributed by atoms with Crippen LogP contribution in [0, 0.1) is 5.92 Å². The van der Waals surface area contributed by atoms with Gasteiger partial charge in [0.15, 0.2) is 5.76 Å². The molecule has 3 rings (SSSR count). The summed E-state index contributed by atoms with van der Waals surface area (Å²) in [4.78, 5) is 24.4. The van der Waals surface area contributed by atoms with Crippen molar-refractivity contribution in [2.24, 2.45) is 5.92 Å². The first kappa shape index (κ1) is 21.0. The van der Waals surface area contributed by atoms with E-state index in [0.29, 0.717) is 29.6 Å². The van der Waals surface area contributed by atoms with Crippen LogP contribution >= 0.6 is 0 Å². The number of nitrogens with one attached hydrogen (secondary N) is 3. The molecule has 0 atom stereocenters. The monoisotopic (exact) mass is 407 g/mol. The first-order valence-electron chi connectivity index (χ1n) is 9.71. The van der Waals surface area contributed by atoms with Crippen molar-refractivity contribution < 1.29 is 18.7 Å². The first-order valence-corrected chi connectivity index (χ1v) is 9.71. The van der Waals surface area contributed by atoms with Gasteiger partial charge in [0.25, 0.3) is 5.91 Å². The normalized spacial score (nSPS) is 10.5. The van der Waals surface area contributed by atoms with Crippen LogP contribution in [0.2, 0.25) is 0 Å². The number of rotatable bonds is 9. The van der Waals surface area contributed by atoms with Crippen molar-refractivity contribution >= 4 is 28.9 Å². The summed E-state index contributed by atoms with van der Waals surface area (Å²) in [7, 11) is 0. The summed E-state index contributed by atoms with van der Waals surface area (Å²) in [6.07, 6.45) is 1.44. The maximum Gasteiger partial charge on any atom is 0.291 e. The number of benzene rings is 2. The van der Waals surface area contributed by atoms with E-state index in [4.69, 9.17) is 9.15 Å². The third-order valence-electron chi connectivity index (χ3n) is 4.02. The second kappa shape index (κ2) is 10.2. The van der Waals surface area contributed by atoms with Gasteiger partial charge in [-0.1, -0.05) is 26.0 Å². The standard InChI is InChI=1S/C23H25N3O4/c1-16(2)15-30-20-9-4-8-19(13-20)25-22(27)14-24-17-6-3-7-18(12-17)26-23(28)21-10-5-11-29-21/h3-13,16,24H,14-15H2,1-2H3,(H,25,27)(H,26,28). The summed E-state index contributed by atoms with van der Waals surface area (Å²) in [5.74, 6) is 0.837. The Morgan fingerprint density at radius 1 is 0.933 bits per heavy atom. The van der Waals surface area contributed by atoms with Crippen LogP contribution in [0.4, 0.5) is 17.1 Å². The lowest BCUT2D eigenvalue weighted by Gasteiger charge is -2.12. The van der Waals surface area contributed by atoms with E-state index in [-0.39, 0.29) is 24.1 Å². The van der Waals surface area contributed by atoms with Gasteiger partial charge in [0.2, 0.25) is 5.91 Å². The topological polar surface area (TPSA) is 92.6 Å². The average Bonchev–Trinajstić information content (AvgIpc) is 3.26. The molecule has 30 heavy (non-hydrogen) atoms. The molecule has 3 aromatic rings. The molecule has 0 bridgehead atoms. The second-order valence-electron chi connectivity index (χ2n) is 7.15. The van der Waals surface area contributed by atoms with Gasteiger partial charge in [-0.3, -0.25) is 9.59 Å². The van der Waals surface area contributed by atoms with Gasteiger partial charge in [-0.05, 0) is 48.4 Å². The van der Waals surface area contributed by atoms with Crippen molar-refractivity contribution in [3.63, 3.8) is 0 Å². The Morgan fingerprint density at radius 2 is 1.67 bits per heavy atom. The van der Waals surface area contributed by atoms with E-state index in [1.54, 1.807) is 36.4 Å². The van der Waals surface area contributed by atoms with E-state index < -0.39 is 0 Å². The zero-order valence-corrected chi connectivity index (χ0v) is 17.0. The lowest BCUT2D eigenvalue weighted by Crippen LogP contribution is -2.21. The quantitative estimate of drug-likeness (QED) is 0.481. The first-order chi connectivity index (χ1) is 14.5. The van der Waals surface area contributed by atoms with Crippen LogP contribution in [0.3, 0.4) is 0 Å². The highest BCUT2D eigenvalue weighted by atomic mass is 16.5. The van der Waals surface area contributed by atoms with Crippen molar-refractivity contribution in [1.82, 2.24) is 0 Å². The van der Waals surface area contributed by atoms with Crippen LogP contribution in [-0.2, 0) is 4.79 Å². The number of hydrogen-bond acceptors (Lipinski definition) is 5. The fourth-order valence-corrected chi connectivity index (χ4v) is 2.62. The van der Waals surface area contributed by atoms with Crippen LogP contribution in [-0.4, -0.2) is 25.0 Å². The van der Waals surface area contributed by atoms with Gasteiger partial charge in [-0.25, -0.2) is 0 Å². The van der Waals surface area contributed by atoms with Crippen LogP contribution in [0.5, 0.6) is 5.75 Å². The van der Waals surface area contributed by atoms with Crippen molar-refractivity contribution in [3.05, 3.63) is 72.7 Å². The van der Waals surface area contributed by atoms with E-state index in [2.05, 4.69) is 29.8 Å². The van der Waals surface area contributed by atoms with Gasteiger partial charge >= 0.3 is 0 Å². The fraction of sp³-hybridized carbons (Fsp3) is 0.217. The summed E-state index contributed by atoms with van der Waals surface area (Å²) in [6, 6.07) is 17.6. The molecule has 1 heterocycles. The van der Waals surface area contributed by atoms with Crippen molar-refractivity contribution in [3.8, 4) is 5.75 Å². The van der Waals surface area contributed by atoms with Crippen LogP contribution < -0.4 is 20.7 Å². The molecule has 2 aromatic carbocycles. The molecule has 156 valence electrons. The van der Waals surface area contributed by atoms with Gasteiger partial charge in [0, 0.05) is 23.1 Å². The minimum absolute atomic E-state index is 0.0761.